The minimum atomic E-state index is -0.0798. The number of nitroso groups, excluding NO2 is 1. The van der Waals surface area contributed by atoms with Gasteiger partial charge in [0.15, 0.2) is 0 Å². The summed E-state index contributed by atoms with van der Waals surface area (Å²) in [5.74, 6) is 2.33. The molecule has 6 atom stereocenters. The van der Waals surface area contributed by atoms with Crippen molar-refractivity contribution in [2.45, 2.75) is 64.8 Å². The molecule has 2 saturated carbocycles. The van der Waals surface area contributed by atoms with E-state index in [1.54, 1.807) is 11.1 Å². The molecular formula is C24H30N2O. The van der Waals surface area contributed by atoms with Crippen LogP contribution in [0, 0.1) is 33.5 Å². The molecular weight excluding hydrogens is 332 g/mol. The summed E-state index contributed by atoms with van der Waals surface area (Å²) in [7, 11) is 0. The molecule has 4 aliphatic rings. The van der Waals surface area contributed by atoms with E-state index < -0.39 is 0 Å². The summed E-state index contributed by atoms with van der Waals surface area (Å²) in [4.78, 5) is 15.5. The maximum atomic E-state index is 11.1. The van der Waals surface area contributed by atoms with Gasteiger partial charge in [-0.2, -0.15) is 4.91 Å². The minimum Gasteiger partial charge on any atom is -0.264 e. The lowest BCUT2D eigenvalue weighted by Gasteiger charge is -2.58. The summed E-state index contributed by atoms with van der Waals surface area (Å²) in [5.41, 5.74) is 4.99. The van der Waals surface area contributed by atoms with Crippen molar-refractivity contribution in [2.24, 2.45) is 33.8 Å². The van der Waals surface area contributed by atoms with Crippen LogP contribution in [0.2, 0.25) is 0 Å². The first kappa shape index (κ1) is 17.3. The van der Waals surface area contributed by atoms with Crippen LogP contribution in [-0.2, 0) is 0 Å². The van der Waals surface area contributed by atoms with Gasteiger partial charge in [0, 0.05) is 12.4 Å². The largest absolute Gasteiger partial charge is 0.264 e. The maximum absolute atomic E-state index is 11.1. The lowest BCUT2D eigenvalue weighted by Crippen LogP contribution is -2.50. The zero-order valence-electron chi connectivity index (χ0n) is 16.5. The van der Waals surface area contributed by atoms with Gasteiger partial charge < -0.3 is 0 Å². The predicted octanol–water partition coefficient (Wildman–Crippen LogP) is 6.17. The average molecular weight is 363 g/mol. The van der Waals surface area contributed by atoms with E-state index in [0.29, 0.717) is 10.8 Å². The zero-order valence-corrected chi connectivity index (χ0v) is 16.5. The molecule has 3 nitrogen and oxygen atoms in total. The van der Waals surface area contributed by atoms with Gasteiger partial charge in [-0.15, -0.1) is 0 Å². The molecule has 0 saturated heterocycles. The van der Waals surface area contributed by atoms with Crippen molar-refractivity contribution < 1.29 is 0 Å². The number of hydrogen-bond donors (Lipinski definition) is 0. The van der Waals surface area contributed by atoms with Crippen molar-refractivity contribution in [2.75, 3.05) is 0 Å². The molecule has 1 heterocycles. The van der Waals surface area contributed by atoms with Gasteiger partial charge in [-0.05, 0) is 90.7 Å². The number of allylic oxidation sites excluding steroid dienone is 3. The molecule has 2 fully saturated rings. The van der Waals surface area contributed by atoms with Gasteiger partial charge in [0.25, 0.3) is 0 Å². The van der Waals surface area contributed by atoms with Crippen LogP contribution in [0.1, 0.15) is 64.4 Å². The van der Waals surface area contributed by atoms with Gasteiger partial charge in [-0.3, -0.25) is 4.98 Å². The van der Waals surface area contributed by atoms with Gasteiger partial charge in [-0.1, -0.05) is 42.8 Å². The monoisotopic (exact) mass is 362 g/mol. The average Bonchev–Trinajstić information content (AvgIpc) is 3.05. The molecule has 0 bridgehead atoms. The Kier molecular flexibility index (Phi) is 3.93. The topological polar surface area (TPSA) is 42.3 Å². The minimum absolute atomic E-state index is 0.0798. The van der Waals surface area contributed by atoms with Crippen LogP contribution in [0.3, 0.4) is 0 Å². The first-order chi connectivity index (χ1) is 13.1. The smallest absolute Gasteiger partial charge is 0.110 e. The fraction of sp³-hybridized carbons (Fsp3) is 0.625. The maximum Gasteiger partial charge on any atom is 0.110 e. The van der Waals surface area contributed by atoms with E-state index in [-0.39, 0.29) is 6.04 Å². The van der Waals surface area contributed by atoms with Crippen LogP contribution < -0.4 is 0 Å². The number of hydrogen-bond acceptors (Lipinski definition) is 3. The van der Waals surface area contributed by atoms with E-state index in [1.165, 1.54) is 37.7 Å². The third-order valence-corrected chi connectivity index (χ3v) is 8.78. The van der Waals surface area contributed by atoms with Crippen molar-refractivity contribution in [3.8, 4) is 0 Å². The Balaban J connectivity index is 1.46. The second-order valence-corrected chi connectivity index (χ2v) is 9.79. The first-order valence-corrected chi connectivity index (χ1v) is 10.7. The molecule has 3 heteroatoms. The second-order valence-electron chi connectivity index (χ2n) is 9.79. The Morgan fingerprint density at radius 1 is 1.11 bits per heavy atom. The SMILES string of the molecule is CC12CCC(N=O)C=C1CCC1C2CCC2(C)C(c3cccnc3)=CCC12. The summed E-state index contributed by atoms with van der Waals surface area (Å²) in [5, 5.41) is 3.34. The third kappa shape index (κ3) is 2.43. The van der Waals surface area contributed by atoms with Crippen LogP contribution >= 0.6 is 0 Å². The Hall–Kier alpha value is -1.77. The van der Waals surface area contributed by atoms with E-state index in [4.69, 9.17) is 0 Å². The summed E-state index contributed by atoms with van der Waals surface area (Å²) >= 11 is 0. The number of rotatable bonds is 2. The summed E-state index contributed by atoms with van der Waals surface area (Å²) in [6.07, 6.45) is 17.0. The molecule has 142 valence electrons. The highest BCUT2D eigenvalue weighted by molar-refractivity contribution is 5.72. The third-order valence-electron chi connectivity index (χ3n) is 8.78. The highest BCUT2D eigenvalue weighted by Gasteiger charge is 2.57. The van der Waals surface area contributed by atoms with E-state index >= 15 is 0 Å². The van der Waals surface area contributed by atoms with E-state index in [9.17, 15) is 4.91 Å². The van der Waals surface area contributed by atoms with Gasteiger partial charge in [0.1, 0.15) is 6.04 Å². The van der Waals surface area contributed by atoms with Crippen LogP contribution in [0.4, 0.5) is 0 Å². The molecule has 5 rings (SSSR count). The zero-order chi connectivity index (χ0) is 18.6. The Morgan fingerprint density at radius 3 is 2.74 bits per heavy atom. The molecule has 1 aromatic heterocycles. The molecule has 27 heavy (non-hydrogen) atoms. The number of fused-ring (bicyclic) bond motifs is 5. The van der Waals surface area contributed by atoms with Crippen LogP contribution in [0.15, 0.2) is 47.4 Å². The van der Waals surface area contributed by atoms with E-state index in [2.05, 4.69) is 48.3 Å². The molecule has 0 spiro atoms. The fourth-order valence-electron chi connectivity index (χ4n) is 7.33. The molecule has 0 aliphatic heterocycles. The number of pyridine rings is 1. The quantitative estimate of drug-likeness (QED) is 0.466. The van der Waals surface area contributed by atoms with Gasteiger partial charge >= 0.3 is 0 Å². The standard InChI is InChI=1S/C24H30N2O/c1-23-11-9-18(26-27)14-17(23)5-6-19-21-8-7-20(16-4-3-13-25-15-16)24(21,2)12-10-22(19)23/h3-4,7,13-15,18-19,21-22H,5-6,8-12H2,1-2H3. The highest BCUT2D eigenvalue weighted by Crippen LogP contribution is 2.66. The first-order valence-electron chi connectivity index (χ1n) is 10.7. The Labute approximate surface area is 162 Å². The van der Waals surface area contributed by atoms with Crippen molar-refractivity contribution in [1.82, 2.24) is 4.98 Å². The number of aromatic nitrogens is 1. The highest BCUT2D eigenvalue weighted by atomic mass is 16.3. The van der Waals surface area contributed by atoms with Crippen LogP contribution in [0.25, 0.3) is 5.57 Å². The normalized spacial score (nSPS) is 43.0. The molecule has 4 aliphatic carbocycles. The Morgan fingerprint density at radius 2 is 1.96 bits per heavy atom. The number of nitrogens with zero attached hydrogens (tertiary/aromatic N) is 2. The lowest BCUT2D eigenvalue weighted by atomic mass is 9.46. The van der Waals surface area contributed by atoms with Crippen LogP contribution in [0.5, 0.6) is 0 Å². The molecule has 0 N–H and O–H groups in total. The van der Waals surface area contributed by atoms with Crippen molar-refractivity contribution >= 4 is 5.57 Å². The fourth-order valence-corrected chi connectivity index (χ4v) is 7.33. The Bertz CT molecular complexity index is 813. The molecule has 1 aromatic rings. The predicted molar refractivity (Wildman–Crippen MR) is 109 cm³/mol. The van der Waals surface area contributed by atoms with Crippen molar-refractivity contribution in [3.63, 3.8) is 0 Å². The summed E-state index contributed by atoms with van der Waals surface area (Å²) in [6.45, 7) is 5.00. The van der Waals surface area contributed by atoms with Crippen molar-refractivity contribution in [3.05, 3.63) is 52.7 Å². The van der Waals surface area contributed by atoms with Crippen molar-refractivity contribution in [1.29, 1.82) is 0 Å². The lowest BCUT2D eigenvalue weighted by molar-refractivity contribution is -0.0226. The molecule has 0 radical (unpaired) electrons. The summed E-state index contributed by atoms with van der Waals surface area (Å²) < 4.78 is 0. The molecule has 6 unspecified atom stereocenters. The van der Waals surface area contributed by atoms with Gasteiger partial charge in [0.05, 0.1) is 0 Å². The summed E-state index contributed by atoms with van der Waals surface area (Å²) in [6, 6.07) is 4.22. The van der Waals surface area contributed by atoms with Gasteiger partial charge in [0.2, 0.25) is 0 Å². The molecule has 0 aromatic carbocycles. The van der Waals surface area contributed by atoms with Crippen LogP contribution in [-0.4, -0.2) is 11.0 Å². The second kappa shape index (κ2) is 6.12. The van der Waals surface area contributed by atoms with E-state index in [1.807, 2.05) is 12.4 Å². The molecule has 0 amide bonds. The van der Waals surface area contributed by atoms with Gasteiger partial charge in [-0.25, -0.2) is 0 Å². The van der Waals surface area contributed by atoms with E-state index in [0.717, 1.165) is 30.6 Å².